The maximum atomic E-state index is 12.3. The summed E-state index contributed by atoms with van der Waals surface area (Å²) in [5.74, 6) is -0.260. The Morgan fingerprint density at radius 3 is 2.62 bits per heavy atom. The quantitative estimate of drug-likeness (QED) is 0.765. The minimum absolute atomic E-state index is 0.118. The maximum Gasteiger partial charge on any atom is 0.240 e. The molecule has 1 N–H and O–H groups in total. The van der Waals surface area contributed by atoms with Gasteiger partial charge in [0, 0.05) is 10.9 Å². The monoisotopic (exact) mass is 371 g/mol. The van der Waals surface area contributed by atoms with E-state index in [1.165, 1.54) is 11.8 Å². The first-order valence-corrected chi connectivity index (χ1v) is 11.0. The highest BCUT2D eigenvalue weighted by Crippen LogP contribution is 2.23. The Bertz CT molecular complexity index is 671. The molecule has 0 atom stereocenters. The summed E-state index contributed by atoms with van der Waals surface area (Å²) in [5, 5.41) is 2.96. The van der Waals surface area contributed by atoms with Crippen LogP contribution in [0.25, 0.3) is 0 Å². The molecule has 0 saturated carbocycles. The van der Waals surface area contributed by atoms with Crippen LogP contribution in [0.4, 0.5) is 5.69 Å². The van der Waals surface area contributed by atoms with Crippen molar-refractivity contribution in [3.05, 3.63) is 24.3 Å². The molecule has 6 nitrogen and oxygen atoms in total. The van der Waals surface area contributed by atoms with E-state index in [2.05, 4.69) is 17.3 Å². The van der Waals surface area contributed by atoms with Gasteiger partial charge >= 0.3 is 0 Å². The van der Waals surface area contributed by atoms with Crippen LogP contribution in [-0.2, 0) is 14.8 Å². The number of likely N-dealkylation sites (tertiary alicyclic amines) is 1. The lowest BCUT2D eigenvalue weighted by Crippen LogP contribution is -2.47. The number of hydrogen-bond donors (Lipinski definition) is 1. The van der Waals surface area contributed by atoms with Crippen LogP contribution in [0, 0.1) is 0 Å². The van der Waals surface area contributed by atoms with E-state index in [1.54, 1.807) is 18.2 Å². The van der Waals surface area contributed by atoms with Crippen molar-refractivity contribution in [2.45, 2.75) is 23.8 Å². The normalized spacial score (nSPS) is 16.8. The third-order valence-corrected chi connectivity index (χ3v) is 5.98. The van der Waals surface area contributed by atoms with Gasteiger partial charge in [-0.05, 0) is 57.4 Å². The van der Waals surface area contributed by atoms with Gasteiger partial charge in [0.05, 0.1) is 11.9 Å². The average Bonchev–Trinajstić information content (AvgIpc) is 2.54. The molecule has 1 aliphatic rings. The minimum Gasteiger partial charge on any atom is -0.352 e. The number of thioether (sulfide) groups is 1. The van der Waals surface area contributed by atoms with E-state index in [9.17, 15) is 13.2 Å². The van der Waals surface area contributed by atoms with Gasteiger partial charge in [-0.3, -0.25) is 9.10 Å². The largest absolute Gasteiger partial charge is 0.352 e. The first kappa shape index (κ1) is 19.1. The summed E-state index contributed by atoms with van der Waals surface area (Å²) < 4.78 is 25.4. The summed E-state index contributed by atoms with van der Waals surface area (Å²) in [6.45, 7) is 1.69. The molecule has 8 heteroatoms. The van der Waals surface area contributed by atoms with Gasteiger partial charge in [0.15, 0.2) is 0 Å². The topological polar surface area (TPSA) is 69.7 Å². The number of piperidine rings is 1. The Morgan fingerprint density at radius 2 is 2.04 bits per heavy atom. The van der Waals surface area contributed by atoms with Crippen LogP contribution in [-0.4, -0.2) is 64.5 Å². The fourth-order valence-corrected chi connectivity index (χ4v) is 4.02. The summed E-state index contributed by atoms with van der Waals surface area (Å²) in [6, 6.07) is 7.33. The number of nitrogens with zero attached hydrogens (tertiary/aromatic N) is 2. The minimum atomic E-state index is -3.53. The molecule has 24 heavy (non-hydrogen) atoms. The van der Waals surface area contributed by atoms with Crippen molar-refractivity contribution in [1.29, 1.82) is 0 Å². The van der Waals surface area contributed by atoms with Gasteiger partial charge in [0.1, 0.15) is 6.54 Å². The van der Waals surface area contributed by atoms with E-state index in [0.717, 1.165) is 41.4 Å². The summed E-state index contributed by atoms with van der Waals surface area (Å²) >= 11 is 1.53. The van der Waals surface area contributed by atoms with Gasteiger partial charge in [0.2, 0.25) is 15.9 Å². The molecule has 134 valence electrons. The Morgan fingerprint density at radius 1 is 1.38 bits per heavy atom. The van der Waals surface area contributed by atoms with Crippen LogP contribution in [0.3, 0.4) is 0 Å². The molecule has 2 rings (SSSR count). The molecule has 0 aliphatic carbocycles. The van der Waals surface area contributed by atoms with E-state index >= 15 is 0 Å². The van der Waals surface area contributed by atoms with E-state index < -0.39 is 10.0 Å². The highest BCUT2D eigenvalue weighted by Gasteiger charge is 2.24. The average molecular weight is 372 g/mol. The number of sulfonamides is 1. The van der Waals surface area contributed by atoms with Gasteiger partial charge < -0.3 is 10.2 Å². The molecule has 1 amide bonds. The predicted molar refractivity (Wildman–Crippen MR) is 99.1 cm³/mol. The number of amides is 1. The standard InChI is InChI=1S/C16H25N3O3S2/c1-18-9-7-13(8-10-18)17-16(20)12-19(24(3,21)22)14-5-4-6-15(11-14)23-2/h4-6,11,13H,7-10,12H2,1-3H3,(H,17,20). The second-order valence-corrected chi connectivity index (χ2v) is 8.90. The van der Waals surface area contributed by atoms with E-state index in [0.29, 0.717) is 5.69 Å². The van der Waals surface area contributed by atoms with Gasteiger partial charge in [0.25, 0.3) is 0 Å². The molecule has 1 aromatic carbocycles. The fourth-order valence-electron chi connectivity index (χ4n) is 2.72. The van der Waals surface area contributed by atoms with Gasteiger partial charge in [-0.2, -0.15) is 0 Å². The van der Waals surface area contributed by atoms with Crippen LogP contribution in [0.1, 0.15) is 12.8 Å². The Hall–Kier alpha value is -1.25. The zero-order chi connectivity index (χ0) is 17.7. The van der Waals surface area contributed by atoms with Crippen molar-refractivity contribution in [3.63, 3.8) is 0 Å². The zero-order valence-electron chi connectivity index (χ0n) is 14.4. The molecule has 0 unspecified atom stereocenters. The van der Waals surface area contributed by atoms with Crippen molar-refractivity contribution in [3.8, 4) is 0 Å². The highest BCUT2D eigenvalue weighted by molar-refractivity contribution is 7.98. The number of rotatable bonds is 6. The van der Waals surface area contributed by atoms with Crippen molar-refractivity contribution in [2.24, 2.45) is 0 Å². The zero-order valence-corrected chi connectivity index (χ0v) is 16.0. The summed E-state index contributed by atoms with van der Waals surface area (Å²) in [4.78, 5) is 15.5. The second kappa shape index (κ2) is 8.22. The van der Waals surface area contributed by atoms with Crippen LogP contribution in [0.2, 0.25) is 0 Å². The molecule has 0 radical (unpaired) electrons. The predicted octanol–water partition coefficient (Wildman–Crippen LogP) is 1.38. The molecule has 0 bridgehead atoms. The number of anilines is 1. The molecule has 1 saturated heterocycles. The molecule has 1 heterocycles. The molecule has 1 aromatic rings. The highest BCUT2D eigenvalue weighted by atomic mass is 32.2. The number of carbonyl (C=O) groups excluding carboxylic acids is 1. The van der Waals surface area contributed by atoms with Crippen LogP contribution in [0.5, 0.6) is 0 Å². The van der Waals surface area contributed by atoms with Crippen LogP contribution >= 0.6 is 11.8 Å². The van der Waals surface area contributed by atoms with E-state index in [-0.39, 0.29) is 18.5 Å². The SMILES string of the molecule is CSc1cccc(N(CC(=O)NC2CCN(C)CC2)S(C)(=O)=O)c1. The molecule has 1 aliphatic heterocycles. The van der Waals surface area contributed by atoms with Crippen LogP contribution in [0.15, 0.2) is 29.2 Å². The lowest BCUT2D eigenvalue weighted by Gasteiger charge is -2.30. The maximum absolute atomic E-state index is 12.3. The molecular weight excluding hydrogens is 346 g/mol. The van der Waals surface area contributed by atoms with Gasteiger partial charge in [-0.15, -0.1) is 11.8 Å². The summed E-state index contributed by atoms with van der Waals surface area (Å²) in [5.41, 5.74) is 0.517. The number of benzene rings is 1. The smallest absolute Gasteiger partial charge is 0.240 e. The van der Waals surface area contributed by atoms with Crippen molar-refractivity contribution in [1.82, 2.24) is 10.2 Å². The Kier molecular flexibility index (Phi) is 6.54. The Balaban J connectivity index is 2.07. The first-order valence-electron chi connectivity index (χ1n) is 7.89. The number of carbonyl (C=O) groups is 1. The van der Waals surface area contributed by atoms with Gasteiger partial charge in [-0.1, -0.05) is 6.07 Å². The summed E-state index contributed by atoms with van der Waals surface area (Å²) in [7, 11) is -1.47. The third kappa shape index (κ3) is 5.39. The lowest BCUT2D eigenvalue weighted by molar-refractivity contribution is -0.120. The fraction of sp³-hybridized carbons (Fsp3) is 0.562. The second-order valence-electron chi connectivity index (χ2n) is 6.12. The third-order valence-electron chi connectivity index (χ3n) is 4.11. The van der Waals surface area contributed by atoms with Crippen molar-refractivity contribution < 1.29 is 13.2 Å². The molecule has 1 fully saturated rings. The summed E-state index contributed by atoms with van der Waals surface area (Å²) in [6.07, 6.45) is 4.84. The van der Waals surface area contributed by atoms with E-state index in [4.69, 9.17) is 0 Å². The molecule has 0 spiro atoms. The lowest BCUT2D eigenvalue weighted by atomic mass is 10.1. The molecule has 0 aromatic heterocycles. The van der Waals surface area contributed by atoms with Crippen molar-refractivity contribution >= 4 is 33.4 Å². The first-order chi connectivity index (χ1) is 11.3. The van der Waals surface area contributed by atoms with Crippen LogP contribution < -0.4 is 9.62 Å². The van der Waals surface area contributed by atoms with Crippen molar-refractivity contribution in [2.75, 3.05) is 43.5 Å². The number of nitrogens with one attached hydrogen (secondary N) is 1. The van der Waals surface area contributed by atoms with E-state index in [1.807, 2.05) is 12.3 Å². The number of hydrogen-bond acceptors (Lipinski definition) is 5. The Labute approximate surface area is 148 Å². The molecular formula is C16H25N3O3S2. The van der Waals surface area contributed by atoms with Gasteiger partial charge in [-0.25, -0.2) is 8.42 Å².